The Hall–Kier alpha value is -2.54. The topological polar surface area (TPSA) is 63.2 Å². The van der Waals surface area contributed by atoms with Crippen LogP contribution in [0.1, 0.15) is 0 Å². The fraction of sp³-hybridized carbons (Fsp3) is 0.0667. The van der Waals surface area contributed by atoms with Crippen molar-refractivity contribution < 1.29 is 12.8 Å². The predicted octanol–water partition coefficient (Wildman–Crippen LogP) is 2.59. The van der Waals surface area contributed by atoms with Gasteiger partial charge in [0.25, 0.3) is 10.0 Å². The van der Waals surface area contributed by atoms with E-state index in [1.807, 2.05) is 18.2 Å². The van der Waals surface area contributed by atoms with E-state index in [1.165, 1.54) is 7.05 Å². The van der Waals surface area contributed by atoms with E-state index in [0.29, 0.717) is 5.52 Å². The second kappa shape index (κ2) is 5.34. The smallest absolute Gasteiger partial charge is 0.260 e. The van der Waals surface area contributed by atoms with Crippen LogP contribution in [0.5, 0.6) is 0 Å². The van der Waals surface area contributed by atoms with Gasteiger partial charge in [-0.1, -0.05) is 18.2 Å². The first-order valence-electron chi connectivity index (χ1n) is 6.44. The van der Waals surface area contributed by atoms with E-state index in [4.69, 9.17) is 0 Å². The Labute approximate surface area is 127 Å². The SMILES string of the molecule is CN(c1ccc2ccccc2n1)S(=O)(=O)c1cncc(F)c1. The minimum absolute atomic E-state index is 0.218. The van der Waals surface area contributed by atoms with Crippen LogP contribution in [0.15, 0.2) is 59.8 Å². The van der Waals surface area contributed by atoms with Crippen molar-refractivity contribution in [3.63, 3.8) is 0 Å². The molecule has 1 aromatic carbocycles. The van der Waals surface area contributed by atoms with Gasteiger partial charge in [0.1, 0.15) is 16.5 Å². The molecule has 0 unspecified atom stereocenters. The number of para-hydroxylation sites is 1. The second-order valence-corrected chi connectivity index (χ2v) is 6.64. The van der Waals surface area contributed by atoms with Gasteiger partial charge in [-0.2, -0.15) is 0 Å². The molecule has 0 aliphatic rings. The fourth-order valence-electron chi connectivity index (χ4n) is 2.05. The van der Waals surface area contributed by atoms with Crippen molar-refractivity contribution in [1.29, 1.82) is 0 Å². The summed E-state index contributed by atoms with van der Waals surface area (Å²) >= 11 is 0. The molecule has 3 aromatic rings. The van der Waals surface area contributed by atoms with E-state index in [9.17, 15) is 12.8 Å². The molecule has 3 rings (SSSR count). The lowest BCUT2D eigenvalue weighted by molar-refractivity contribution is 0.586. The summed E-state index contributed by atoms with van der Waals surface area (Å²) in [6.45, 7) is 0. The van der Waals surface area contributed by atoms with Crippen molar-refractivity contribution in [2.75, 3.05) is 11.4 Å². The highest BCUT2D eigenvalue weighted by Gasteiger charge is 2.23. The van der Waals surface area contributed by atoms with Gasteiger partial charge in [0, 0.05) is 18.6 Å². The van der Waals surface area contributed by atoms with Crippen molar-refractivity contribution in [3.05, 3.63) is 60.7 Å². The number of halogens is 1. The first-order chi connectivity index (χ1) is 10.5. The maximum absolute atomic E-state index is 13.2. The van der Waals surface area contributed by atoms with Gasteiger partial charge < -0.3 is 0 Å². The van der Waals surface area contributed by atoms with Gasteiger partial charge in [-0.3, -0.25) is 9.29 Å². The quantitative estimate of drug-likeness (QED) is 0.745. The van der Waals surface area contributed by atoms with E-state index in [1.54, 1.807) is 18.2 Å². The van der Waals surface area contributed by atoms with Gasteiger partial charge >= 0.3 is 0 Å². The third-order valence-electron chi connectivity index (χ3n) is 3.24. The normalized spacial score (nSPS) is 11.5. The third kappa shape index (κ3) is 2.50. The molecule has 0 N–H and O–H groups in total. The second-order valence-electron chi connectivity index (χ2n) is 4.67. The Kier molecular flexibility index (Phi) is 3.50. The summed E-state index contributed by atoms with van der Waals surface area (Å²) in [5.41, 5.74) is 0.680. The molecule has 0 atom stereocenters. The van der Waals surface area contributed by atoms with Gasteiger partial charge in [-0.15, -0.1) is 0 Å². The predicted molar refractivity (Wildman–Crippen MR) is 81.5 cm³/mol. The van der Waals surface area contributed by atoms with Crippen molar-refractivity contribution in [1.82, 2.24) is 9.97 Å². The molecule has 0 fully saturated rings. The molecule has 0 spiro atoms. The van der Waals surface area contributed by atoms with Gasteiger partial charge in [0.2, 0.25) is 0 Å². The first-order valence-corrected chi connectivity index (χ1v) is 7.88. The minimum atomic E-state index is -3.91. The molecule has 0 radical (unpaired) electrons. The molecule has 0 bridgehead atoms. The molecule has 112 valence electrons. The van der Waals surface area contributed by atoms with Crippen molar-refractivity contribution >= 4 is 26.7 Å². The maximum Gasteiger partial charge on any atom is 0.266 e. The average molecular weight is 317 g/mol. The number of benzene rings is 1. The van der Waals surface area contributed by atoms with Crippen LogP contribution < -0.4 is 4.31 Å². The zero-order valence-corrected chi connectivity index (χ0v) is 12.5. The van der Waals surface area contributed by atoms with E-state index in [2.05, 4.69) is 9.97 Å². The van der Waals surface area contributed by atoms with Gasteiger partial charge in [-0.05, 0) is 24.3 Å². The van der Waals surface area contributed by atoms with Crippen molar-refractivity contribution in [2.45, 2.75) is 4.90 Å². The van der Waals surface area contributed by atoms with E-state index >= 15 is 0 Å². The zero-order valence-electron chi connectivity index (χ0n) is 11.6. The van der Waals surface area contributed by atoms with Crippen LogP contribution in [-0.4, -0.2) is 25.4 Å². The molecule has 22 heavy (non-hydrogen) atoms. The summed E-state index contributed by atoms with van der Waals surface area (Å²) in [5, 5.41) is 0.907. The molecular formula is C15H12FN3O2S. The molecule has 7 heteroatoms. The fourth-order valence-corrected chi connectivity index (χ4v) is 3.17. The molecule has 0 aliphatic carbocycles. The van der Waals surface area contributed by atoms with Crippen LogP contribution in [0.25, 0.3) is 10.9 Å². The number of aromatic nitrogens is 2. The van der Waals surface area contributed by atoms with Crippen LogP contribution >= 0.6 is 0 Å². The average Bonchev–Trinajstić information content (AvgIpc) is 2.53. The highest BCUT2D eigenvalue weighted by molar-refractivity contribution is 7.92. The summed E-state index contributed by atoms with van der Waals surface area (Å²) < 4.78 is 39.2. The molecule has 0 amide bonds. The number of nitrogens with zero attached hydrogens (tertiary/aromatic N) is 3. The van der Waals surface area contributed by atoms with E-state index in [0.717, 1.165) is 28.2 Å². The summed E-state index contributed by atoms with van der Waals surface area (Å²) in [6.07, 6.45) is 2.06. The number of rotatable bonds is 3. The molecular weight excluding hydrogens is 305 g/mol. The number of pyridine rings is 2. The number of sulfonamides is 1. The highest BCUT2D eigenvalue weighted by atomic mass is 32.2. The maximum atomic E-state index is 13.2. The minimum Gasteiger partial charge on any atom is -0.260 e. The summed E-state index contributed by atoms with van der Waals surface area (Å²) in [6, 6.07) is 11.7. The summed E-state index contributed by atoms with van der Waals surface area (Å²) in [7, 11) is -2.54. The summed E-state index contributed by atoms with van der Waals surface area (Å²) in [5.74, 6) is -0.455. The Bertz CT molecular complexity index is 944. The molecule has 2 heterocycles. The molecule has 0 aliphatic heterocycles. The van der Waals surface area contributed by atoms with Crippen LogP contribution in [0.3, 0.4) is 0 Å². The summed E-state index contributed by atoms with van der Waals surface area (Å²) in [4.78, 5) is 7.68. The number of hydrogen-bond acceptors (Lipinski definition) is 4. The van der Waals surface area contributed by atoms with Crippen LogP contribution in [0, 0.1) is 5.82 Å². The lowest BCUT2D eigenvalue weighted by atomic mass is 10.2. The van der Waals surface area contributed by atoms with Crippen LogP contribution in [-0.2, 0) is 10.0 Å². The van der Waals surface area contributed by atoms with Crippen molar-refractivity contribution in [2.24, 2.45) is 0 Å². The third-order valence-corrected chi connectivity index (χ3v) is 4.97. The number of hydrogen-bond donors (Lipinski definition) is 0. The van der Waals surface area contributed by atoms with Crippen LogP contribution in [0.4, 0.5) is 10.2 Å². The Morgan fingerprint density at radius 2 is 1.86 bits per heavy atom. The first kappa shape index (κ1) is 14.4. The molecule has 0 saturated carbocycles. The lowest BCUT2D eigenvalue weighted by Gasteiger charge is -2.18. The monoisotopic (exact) mass is 317 g/mol. The molecule has 0 saturated heterocycles. The van der Waals surface area contributed by atoms with E-state index in [-0.39, 0.29) is 10.7 Å². The Morgan fingerprint density at radius 1 is 1.09 bits per heavy atom. The van der Waals surface area contributed by atoms with Gasteiger partial charge in [0.05, 0.1) is 11.7 Å². The number of fused-ring (bicyclic) bond motifs is 1. The molecule has 2 aromatic heterocycles. The highest BCUT2D eigenvalue weighted by Crippen LogP contribution is 2.22. The standard InChI is InChI=1S/C15H12FN3O2S/c1-19(22(20,21)13-8-12(16)9-17-10-13)15-7-6-11-4-2-3-5-14(11)18-15/h2-10H,1H3. The Balaban J connectivity index is 2.06. The van der Waals surface area contributed by atoms with Gasteiger partial charge in [0.15, 0.2) is 0 Å². The largest absolute Gasteiger partial charge is 0.266 e. The number of anilines is 1. The molecule has 5 nitrogen and oxygen atoms in total. The van der Waals surface area contributed by atoms with Crippen LogP contribution in [0.2, 0.25) is 0 Å². The van der Waals surface area contributed by atoms with E-state index < -0.39 is 15.8 Å². The van der Waals surface area contributed by atoms with Crippen molar-refractivity contribution in [3.8, 4) is 0 Å². The zero-order chi connectivity index (χ0) is 15.7. The lowest BCUT2D eigenvalue weighted by Crippen LogP contribution is -2.27. The Morgan fingerprint density at radius 3 is 2.64 bits per heavy atom. The van der Waals surface area contributed by atoms with Gasteiger partial charge in [-0.25, -0.2) is 17.8 Å².